The standard InChI is InChI=1S/C60H101O11P/c1-4-7-10-13-16-19-22-25-27-28-30-33-36-39-42-45-48-51-60(64)71-57(53-67-58(62)49-46-43-40-37-34-31-24-21-18-15-12-9-6-3)55-69-72(65,66)68-54-56(52-61)70-59(63)50-47-44-41-38-35-32-29-26-23-20-17-14-11-8-5-2/h8-9,11-12,17-18,20-21,26,29,31,34-35,38,44,47,56-57,61H,4-7,10,13-16,19,22-25,27-28,30,32-33,36-37,39-43,45-46,48-55H2,1-3H3,(H,65,66)/b11-8-,12-9-,20-17-,21-18-,29-26-,34-31-,38-35-,47-44-. The number of phosphoric ester groups is 1. The van der Waals surface area contributed by atoms with E-state index in [4.69, 9.17) is 23.3 Å². The zero-order valence-corrected chi connectivity index (χ0v) is 46.3. The Hall–Kier alpha value is -3.60. The summed E-state index contributed by atoms with van der Waals surface area (Å²) in [5, 5.41) is 9.78. The Morgan fingerprint density at radius 2 is 0.778 bits per heavy atom. The van der Waals surface area contributed by atoms with E-state index in [-0.39, 0.29) is 25.9 Å². The molecule has 0 saturated carbocycles. The average Bonchev–Trinajstić information content (AvgIpc) is 3.37. The van der Waals surface area contributed by atoms with Crippen molar-refractivity contribution in [3.8, 4) is 0 Å². The van der Waals surface area contributed by atoms with Crippen molar-refractivity contribution in [1.82, 2.24) is 0 Å². The third kappa shape index (κ3) is 51.3. The van der Waals surface area contributed by atoms with Gasteiger partial charge in [0.2, 0.25) is 0 Å². The van der Waals surface area contributed by atoms with E-state index in [2.05, 4.69) is 93.7 Å². The summed E-state index contributed by atoms with van der Waals surface area (Å²) in [6, 6.07) is 0. The number of carbonyl (C=O) groups is 3. The van der Waals surface area contributed by atoms with E-state index in [0.717, 1.165) is 83.5 Å². The molecule has 0 aliphatic heterocycles. The van der Waals surface area contributed by atoms with Crippen LogP contribution in [0.15, 0.2) is 97.2 Å². The zero-order valence-electron chi connectivity index (χ0n) is 45.4. The number of phosphoric acid groups is 1. The van der Waals surface area contributed by atoms with Crippen LogP contribution in [0.25, 0.3) is 0 Å². The van der Waals surface area contributed by atoms with Crippen LogP contribution >= 0.6 is 7.82 Å². The lowest BCUT2D eigenvalue weighted by atomic mass is 10.0. The molecule has 12 heteroatoms. The van der Waals surface area contributed by atoms with Gasteiger partial charge in [-0.25, -0.2) is 4.57 Å². The summed E-state index contributed by atoms with van der Waals surface area (Å²) in [7, 11) is -4.78. The molecule has 0 radical (unpaired) electrons. The molecule has 2 N–H and O–H groups in total. The van der Waals surface area contributed by atoms with Gasteiger partial charge in [0.25, 0.3) is 0 Å². The van der Waals surface area contributed by atoms with E-state index < -0.39 is 57.8 Å². The highest BCUT2D eigenvalue weighted by Crippen LogP contribution is 2.43. The second-order valence-corrected chi connectivity index (χ2v) is 19.8. The molecule has 0 bridgehead atoms. The highest BCUT2D eigenvalue weighted by Gasteiger charge is 2.28. The van der Waals surface area contributed by atoms with Crippen LogP contribution in [-0.2, 0) is 42.2 Å². The first-order valence-corrected chi connectivity index (χ1v) is 29.6. The van der Waals surface area contributed by atoms with Crippen molar-refractivity contribution in [2.75, 3.05) is 26.4 Å². The SMILES string of the molecule is CC/C=C\C/C=C\C/C=C\C/C=C\C/C=C\CC(=O)OC(CO)COP(=O)(O)OCC(COC(=O)CCCCC/C=C\C/C=C\C/C=C\CC)OC(=O)CCCCCCCCCCCCCCCCCCC. The van der Waals surface area contributed by atoms with Gasteiger partial charge < -0.3 is 24.2 Å². The number of aliphatic hydroxyl groups is 1. The first kappa shape index (κ1) is 68.4. The van der Waals surface area contributed by atoms with Gasteiger partial charge in [-0.3, -0.25) is 23.4 Å². The molecule has 412 valence electrons. The number of rotatable bonds is 51. The van der Waals surface area contributed by atoms with Crippen molar-refractivity contribution in [1.29, 1.82) is 0 Å². The maximum absolute atomic E-state index is 12.9. The lowest BCUT2D eigenvalue weighted by molar-refractivity contribution is -0.161. The van der Waals surface area contributed by atoms with Crippen molar-refractivity contribution < 1.29 is 52.2 Å². The maximum Gasteiger partial charge on any atom is 0.472 e. The van der Waals surface area contributed by atoms with Crippen molar-refractivity contribution in [2.45, 2.75) is 238 Å². The van der Waals surface area contributed by atoms with Crippen LogP contribution in [0.1, 0.15) is 226 Å². The molecule has 0 amide bonds. The molecule has 0 aliphatic carbocycles. The van der Waals surface area contributed by atoms with Gasteiger partial charge in [-0.15, -0.1) is 0 Å². The van der Waals surface area contributed by atoms with Crippen molar-refractivity contribution in [2.24, 2.45) is 0 Å². The molecule has 0 aromatic rings. The van der Waals surface area contributed by atoms with Crippen LogP contribution in [0.5, 0.6) is 0 Å². The summed E-state index contributed by atoms with van der Waals surface area (Å²) in [6.07, 6.45) is 62.6. The normalized spacial score (nSPS) is 14.1. The molecule has 0 heterocycles. The fraction of sp³-hybridized carbons (Fsp3) is 0.683. The maximum atomic E-state index is 12.9. The molecule has 0 rings (SSSR count). The third-order valence-corrected chi connectivity index (χ3v) is 12.5. The van der Waals surface area contributed by atoms with Crippen LogP contribution in [-0.4, -0.2) is 66.5 Å². The number of ether oxygens (including phenoxy) is 3. The predicted molar refractivity (Wildman–Crippen MR) is 297 cm³/mol. The lowest BCUT2D eigenvalue weighted by Crippen LogP contribution is -2.30. The van der Waals surface area contributed by atoms with Crippen LogP contribution in [0.2, 0.25) is 0 Å². The number of hydrogen-bond donors (Lipinski definition) is 2. The topological polar surface area (TPSA) is 155 Å². The average molecular weight is 1030 g/mol. The molecule has 0 saturated heterocycles. The number of hydrogen-bond acceptors (Lipinski definition) is 10. The monoisotopic (exact) mass is 1030 g/mol. The van der Waals surface area contributed by atoms with Crippen molar-refractivity contribution in [3.63, 3.8) is 0 Å². The third-order valence-electron chi connectivity index (χ3n) is 11.5. The fourth-order valence-electron chi connectivity index (χ4n) is 7.33. The van der Waals surface area contributed by atoms with Crippen molar-refractivity contribution in [3.05, 3.63) is 97.2 Å². The summed E-state index contributed by atoms with van der Waals surface area (Å²) in [5.41, 5.74) is 0. The molecule has 0 aromatic heterocycles. The van der Waals surface area contributed by atoms with Gasteiger partial charge in [-0.2, -0.15) is 0 Å². The predicted octanol–water partition coefficient (Wildman–Crippen LogP) is 16.5. The van der Waals surface area contributed by atoms with Gasteiger partial charge >= 0.3 is 25.7 Å². The molecule has 0 aromatic carbocycles. The summed E-state index contributed by atoms with van der Waals surface area (Å²) in [6.45, 7) is 4.27. The van der Waals surface area contributed by atoms with Crippen LogP contribution < -0.4 is 0 Å². The van der Waals surface area contributed by atoms with E-state index >= 15 is 0 Å². The Balaban J connectivity index is 4.82. The quantitative estimate of drug-likeness (QED) is 0.0197. The minimum atomic E-state index is -4.78. The van der Waals surface area contributed by atoms with Crippen LogP contribution in [0.4, 0.5) is 0 Å². The Labute approximate surface area is 438 Å². The number of unbranched alkanes of at least 4 members (excludes halogenated alkanes) is 19. The molecular formula is C60H101O11P. The Bertz CT molecular complexity index is 1580. The number of aliphatic hydroxyl groups excluding tert-OH is 1. The molecule has 0 fully saturated rings. The van der Waals surface area contributed by atoms with Gasteiger partial charge in [-0.05, 0) is 77.0 Å². The first-order valence-electron chi connectivity index (χ1n) is 28.1. The fourth-order valence-corrected chi connectivity index (χ4v) is 8.11. The molecule has 0 spiro atoms. The highest BCUT2D eigenvalue weighted by molar-refractivity contribution is 7.47. The van der Waals surface area contributed by atoms with Gasteiger partial charge in [0.15, 0.2) is 6.10 Å². The molecule has 72 heavy (non-hydrogen) atoms. The van der Waals surface area contributed by atoms with Crippen LogP contribution in [0, 0.1) is 0 Å². The first-order chi connectivity index (χ1) is 35.2. The lowest BCUT2D eigenvalue weighted by Gasteiger charge is -2.21. The largest absolute Gasteiger partial charge is 0.472 e. The van der Waals surface area contributed by atoms with Gasteiger partial charge in [0.05, 0.1) is 26.2 Å². The van der Waals surface area contributed by atoms with Gasteiger partial charge in [0, 0.05) is 12.8 Å². The summed E-state index contributed by atoms with van der Waals surface area (Å²) in [5.74, 6) is -1.64. The summed E-state index contributed by atoms with van der Waals surface area (Å²) < 4.78 is 39.3. The molecule has 11 nitrogen and oxygen atoms in total. The summed E-state index contributed by atoms with van der Waals surface area (Å²) >= 11 is 0. The number of esters is 3. The number of carbonyl (C=O) groups excluding carboxylic acids is 3. The van der Waals surface area contributed by atoms with Crippen LogP contribution in [0.3, 0.4) is 0 Å². The van der Waals surface area contributed by atoms with E-state index in [0.29, 0.717) is 19.3 Å². The summed E-state index contributed by atoms with van der Waals surface area (Å²) in [4.78, 5) is 48.4. The van der Waals surface area contributed by atoms with E-state index in [9.17, 15) is 28.9 Å². The van der Waals surface area contributed by atoms with Gasteiger partial charge in [0.1, 0.15) is 12.7 Å². The molecule has 3 atom stereocenters. The molecule has 3 unspecified atom stereocenters. The number of allylic oxidation sites excluding steroid dienone is 15. The Morgan fingerprint density at radius 1 is 0.417 bits per heavy atom. The minimum absolute atomic E-state index is 0.0598. The smallest absolute Gasteiger partial charge is 0.462 e. The highest BCUT2D eigenvalue weighted by atomic mass is 31.2. The second kappa shape index (κ2) is 53.7. The van der Waals surface area contributed by atoms with E-state index in [1.807, 2.05) is 18.2 Å². The minimum Gasteiger partial charge on any atom is -0.462 e. The molecular weight excluding hydrogens is 928 g/mol. The van der Waals surface area contributed by atoms with E-state index in [1.165, 1.54) is 83.5 Å². The van der Waals surface area contributed by atoms with Crippen molar-refractivity contribution >= 4 is 25.7 Å². The second-order valence-electron chi connectivity index (χ2n) is 18.4. The molecule has 0 aliphatic rings. The van der Waals surface area contributed by atoms with E-state index in [1.54, 1.807) is 6.08 Å². The zero-order chi connectivity index (χ0) is 52.7. The Kier molecular flexibility index (Phi) is 51.0. The Morgan fingerprint density at radius 3 is 1.22 bits per heavy atom. The van der Waals surface area contributed by atoms with Gasteiger partial charge in [-0.1, -0.05) is 227 Å².